The van der Waals surface area contributed by atoms with Crippen LogP contribution in [0.15, 0.2) is 231 Å². The summed E-state index contributed by atoms with van der Waals surface area (Å²) in [5.74, 6) is 0. The smallest absolute Gasteiger partial charge is 0.0619 e. The van der Waals surface area contributed by atoms with Crippen LogP contribution in [0.3, 0.4) is 0 Å². The molecule has 12 aromatic carbocycles. The molecule has 0 bridgehead atoms. The third kappa shape index (κ3) is 5.04. The van der Waals surface area contributed by atoms with Gasteiger partial charge in [0.25, 0.3) is 0 Å². The molecule has 0 aliphatic heterocycles. The van der Waals surface area contributed by atoms with Gasteiger partial charge in [-0.1, -0.05) is 200 Å². The molecule has 15 rings (SSSR count). The zero-order valence-electron chi connectivity index (χ0n) is 36.2. The highest BCUT2D eigenvalue weighted by atomic mass is 32.1. The monoisotopic (exact) mass is 866 g/mol. The molecule has 67 heavy (non-hydrogen) atoms. The highest BCUT2D eigenvalue weighted by Gasteiger charge is 2.25. The number of benzene rings is 12. The Hall–Kier alpha value is -8.50. The molecule has 2 nitrogen and oxygen atoms in total. The number of para-hydroxylation sites is 4. The number of fused-ring (bicyclic) bond motifs is 13. The van der Waals surface area contributed by atoms with E-state index in [9.17, 15) is 0 Å². The minimum absolute atomic E-state index is 1.22. The van der Waals surface area contributed by atoms with E-state index < -0.39 is 0 Å². The molecule has 0 spiro atoms. The van der Waals surface area contributed by atoms with Gasteiger partial charge in [0.1, 0.15) is 0 Å². The molecule has 0 atom stereocenters. The van der Waals surface area contributed by atoms with Crippen molar-refractivity contribution < 1.29 is 0 Å². The maximum atomic E-state index is 2.51. The molecule has 0 saturated carbocycles. The van der Waals surface area contributed by atoms with Crippen molar-refractivity contribution in [3.05, 3.63) is 231 Å². The molecule has 310 valence electrons. The van der Waals surface area contributed by atoms with E-state index in [4.69, 9.17) is 0 Å². The van der Waals surface area contributed by atoms with Gasteiger partial charge < -0.3 is 9.13 Å². The van der Waals surface area contributed by atoms with Crippen LogP contribution in [-0.4, -0.2) is 9.13 Å². The number of aromatic nitrogens is 2. The van der Waals surface area contributed by atoms with E-state index >= 15 is 0 Å². The van der Waals surface area contributed by atoms with Crippen molar-refractivity contribution in [2.24, 2.45) is 0 Å². The van der Waals surface area contributed by atoms with Crippen LogP contribution in [0.4, 0.5) is 0 Å². The van der Waals surface area contributed by atoms with E-state index in [2.05, 4.69) is 240 Å². The molecule has 3 heterocycles. The molecule has 3 aromatic heterocycles. The standard InChI is InChI=1S/C64H38N2S/c1-5-27-47-43(23-1)59(44-24-2-6-28-48(44)62(47)65-54-34-13-9-19-39(54)40-20-10-14-35-55(40)65)51-31-18-38-58-61(51)53-33-17-32-52(64(53)67-58)60-45-25-3-7-29-49(45)63(50-30-8-4-26-46(50)60)66-56-36-15-11-21-41(56)42-22-12-16-37-57(42)66/h1-38H. The lowest BCUT2D eigenvalue weighted by Gasteiger charge is -2.20. The van der Waals surface area contributed by atoms with E-state index in [1.807, 2.05) is 11.3 Å². The fourth-order valence-electron chi connectivity index (χ4n) is 11.9. The molecule has 0 radical (unpaired) electrons. The summed E-state index contributed by atoms with van der Waals surface area (Å²) in [6.07, 6.45) is 0. The van der Waals surface area contributed by atoms with E-state index in [1.165, 1.54) is 141 Å². The second-order valence-corrected chi connectivity index (χ2v) is 18.9. The van der Waals surface area contributed by atoms with Crippen LogP contribution in [-0.2, 0) is 0 Å². The Labute approximate surface area is 389 Å². The number of rotatable bonds is 4. The third-order valence-electron chi connectivity index (χ3n) is 14.5. The van der Waals surface area contributed by atoms with Crippen molar-refractivity contribution >= 4 is 118 Å². The van der Waals surface area contributed by atoms with Crippen LogP contribution in [0, 0.1) is 0 Å². The first kappa shape index (κ1) is 36.8. The molecule has 0 aliphatic carbocycles. The Bertz CT molecular complexity index is 4360. The minimum Gasteiger partial charge on any atom is -0.308 e. The predicted octanol–water partition coefficient (Wildman–Crippen LogP) is 18.2. The van der Waals surface area contributed by atoms with E-state index in [1.54, 1.807) is 0 Å². The molecule has 0 aliphatic rings. The SMILES string of the molecule is c1cc(-c2c3ccccc3c(-n3c4ccccc4c4ccccc43)c3ccccc23)c2c(c1)sc1c(-c3c4ccccc4c(-n4c5ccccc5c5ccccc54)c4ccccc34)cccc12. The van der Waals surface area contributed by atoms with E-state index in [0.717, 1.165) is 0 Å². The van der Waals surface area contributed by atoms with Gasteiger partial charge in [-0.3, -0.25) is 0 Å². The molecular formula is C64H38N2S. The highest BCUT2D eigenvalue weighted by Crippen LogP contribution is 2.51. The van der Waals surface area contributed by atoms with Gasteiger partial charge in [-0.15, -0.1) is 11.3 Å². The van der Waals surface area contributed by atoms with Crippen LogP contribution >= 0.6 is 11.3 Å². The van der Waals surface area contributed by atoms with Crippen LogP contribution in [0.25, 0.3) is 141 Å². The zero-order valence-corrected chi connectivity index (χ0v) is 37.1. The summed E-state index contributed by atoms with van der Waals surface area (Å²) in [6.45, 7) is 0. The maximum Gasteiger partial charge on any atom is 0.0619 e. The summed E-state index contributed by atoms with van der Waals surface area (Å²) in [4.78, 5) is 0. The Balaban J connectivity index is 1.02. The molecule has 0 unspecified atom stereocenters. The number of thiophene rings is 1. The van der Waals surface area contributed by atoms with Crippen molar-refractivity contribution in [3.8, 4) is 33.6 Å². The first-order chi connectivity index (χ1) is 33.3. The summed E-state index contributed by atoms with van der Waals surface area (Å²) >= 11 is 1.92. The Kier molecular flexibility index (Phi) is 7.69. The summed E-state index contributed by atoms with van der Waals surface area (Å²) in [5.41, 5.74) is 12.4. The van der Waals surface area contributed by atoms with Crippen molar-refractivity contribution in [1.82, 2.24) is 9.13 Å². The topological polar surface area (TPSA) is 9.86 Å². The highest BCUT2D eigenvalue weighted by molar-refractivity contribution is 7.26. The number of hydrogen-bond acceptors (Lipinski definition) is 1. The van der Waals surface area contributed by atoms with Gasteiger partial charge in [0.15, 0.2) is 0 Å². The quantitative estimate of drug-likeness (QED) is 0.156. The van der Waals surface area contributed by atoms with Crippen molar-refractivity contribution in [3.63, 3.8) is 0 Å². The molecule has 0 N–H and O–H groups in total. The van der Waals surface area contributed by atoms with Gasteiger partial charge in [0.2, 0.25) is 0 Å². The van der Waals surface area contributed by atoms with Crippen LogP contribution in [0.2, 0.25) is 0 Å². The summed E-state index contributed by atoms with van der Waals surface area (Å²) in [7, 11) is 0. The molecular weight excluding hydrogens is 829 g/mol. The van der Waals surface area contributed by atoms with Gasteiger partial charge >= 0.3 is 0 Å². The van der Waals surface area contributed by atoms with E-state index in [0.29, 0.717) is 0 Å². The number of nitrogens with zero attached hydrogens (tertiary/aromatic N) is 2. The average Bonchev–Trinajstić information content (AvgIpc) is 4.05. The van der Waals surface area contributed by atoms with Gasteiger partial charge in [0.05, 0.1) is 33.4 Å². The maximum absolute atomic E-state index is 2.51. The Morgan fingerprint density at radius 3 is 0.940 bits per heavy atom. The summed E-state index contributed by atoms with van der Waals surface area (Å²) in [6, 6.07) is 85.6. The van der Waals surface area contributed by atoms with Crippen LogP contribution < -0.4 is 0 Å². The second kappa shape index (κ2) is 14.0. The van der Waals surface area contributed by atoms with Gasteiger partial charge in [-0.2, -0.15) is 0 Å². The molecule has 3 heteroatoms. The first-order valence-corrected chi connectivity index (χ1v) is 23.9. The van der Waals surface area contributed by atoms with Crippen LogP contribution in [0.1, 0.15) is 0 Å². The van der Waals surface area contributed by atoms with Gasteiger partial charge in [-0.25, -0.2) is 0 Å². The zero-order chi connectivity index (χ0) is 43.7. The lowest BCUT2D eigenvalue weighted by Crippen LogP contribution is -1.99. The fraction of sp³-hybridized carbons (Fsp3) is 0. The molecule has 0 fully saturated rings. The fourth-order valence-corrected chi connectivity index (χ4v) is 13.1. The number of hydrogen-bond donors (Lipinski definition) is 0. The summed E-state index contributed by atoms with van der Waals surface area (Å²) < 4.78 is 7.61. The van der Waals surface area contributed by atoms with Crippen molar-refractivity contribution in [2.45, 2.75) is 0 Å². The largest absolute Gasteiger partial charge is 0.308 e. The lowest BCUT2D eigenvalue weighted by molar-refractivity contribution is 1.21. The lowest BCUT2D eigenvalue weighted by atomic mass is 9.87. The third-order valence-corrected chi connectivity index (χ3v) is 15.7. The minimum atomic E-state index is 1.22. The predicted molar refractivity (Wildman–Crippen MR) is 289 cm³/mol. The van der Waals surface area contributed by atoms with E-state index in [-0.39, 0.29) is 0 Å². The van der Waals surface area contributed by atoms with Crippen molar-refractivity contribution in [1.29, 1.82) is 0 Å². The molecule has 0 amide bonds. The second-order valence-electron chi connectivity index (χ2n) is 17.8. The first-order valence-electron chi connectivity index (χ1n) is 23.1. The summed E-state index contributed by atoms with van der Waals surface area (Å²) in [5, 5.41) is 17.6. The van der Waals surface area contributed by atoms with Gasteiger partial charge in [0, 0.05) is 68.8 Å². The van der Waals surface area contributed by atoms with Crippen LogP contribution in [0.5, 0.6) is 0 Å². The van der Waals surface area contributed by atoms with Crippen molar-refractivity contribution in [2.75, 3.05) is 0 Å². The molecule has 0 saturated heterocycles. The van der Waals surface area contributed by atoms with Gasteiger partial charge in [-0.05, 0) is 68.6 Å². The molecule has 15 aromatic rings. The Morgan fingerprint density at radius 1 is 0.239 bits per heavy atom. The average molecular weight is 867 g/mol. The Morgan fingerprint density at radius 2 is 0.537 bits per heavy atom. The normalized spacial score (nSPS) is 12.2.